The number of pyridine rings is 1. The van der Waals surface area contributed by atoms with Crippen molar-refractivity contribution >= 4 is 11.8 Å². The van der Waals surface area contributed by atoms with Crippen LogP contribution in [0.5, 0.6) is 5.75 Å². The van der Waals surface area contributed by atoms with Crippen molar-refractivity contribution in [3.8, 4) is 50.8 Å². The Morgan fingerprint density at radius 1 is 0.600 bits per heavy atom. The Labute approximate surface area is 238 Å². The number of hydrogen-bond donors (Lipinski definition) is 1. The Bertz CT molecular complexity index is 1780. The second-order valence-corrected chi connectivity index (χ2v) is 10.7. The van der Waals surface area contributed by atoms with Crippen LogP contribution < -0.4 is 0 Å². The summed E-state index contributed by atoms with van der Waals surface area (Å²) in [6, 6.07) is 38.2. The van der Waals surface area contributed by atoms with Gasteiger partial charge in [0.25, 0.3) is 0 Å². The molecule has 6 rings (SSSR count). The topological polar surface area (TPSA) is 58.9 Å². The standard InChI is InChI=1S/C35H27N3OS/c1-23-11-10-12-24(2)34(23)31-22-30(29-15-6-7-16-32(29)39)37-35(38-31)27-19-26(25-13-4-3-5-14-25)20-28(21-27)40-33-17-8-9-18-36-33/h3-22,39H,1-2H3. The summed E-state index contributed by atoms with van der Waals surface area (Å²) >= 11 is 1.61. The summed E-state index contributed by atoms with van der Waals surface area (Å²) < 4.78 is 0. The van der Waals surface area contributed by atoms with Gasteiger partial charge in [0.05, 0.1) is 11.4 Å². The number of benzene rings is 4. The van der Waals surface area contributed by atoms with Gasteiger partial charge in [-0.15, -0.1) is 0 Å². The van der Waals surface area contributed by atoms with Crippen LogP contribution in [0.25, 0.3) is 45.0 Å². The highest BCUT2D eigenvalue weighted by Crippen LogP contribution is 2.37. The van der Waals surface area contributed by atoms with Crippen LogP contribution in [0.2, 0.25) is 0 Å². The van der Waals surface area contributed by atoms with E-state index in [1.807, 2.05) is 60.7 Å². The van der Waals surface area contributed by atoms with Gasteiger partial charge < -0.3 is 5.11 Å². The Kier molecular flexibility index (Phi) is 7.13. The molecule has 0 spiro atoms. The molecule has 0 aliphatic carbocycles. The fourth-order valence-electron chi connectivity index (χ4n) is 4.86. The average Bonchev–Trinajstić information content (AvgIpc) is 2.98. The molecule has 194 valence electrons. The van der Waals surface area contributed by atoms with E-state index in [-0.39, 0.29) is 5.75 Å². The van der Waals surface area contributed by atoms with Gasteiger partial charge in [0.15, 0.2) is 5.82 Å². The number of aromatic nitrogens is 3. The van der Waals surface area contributed by atoms with Gasteiger partial charge in [-0.3, -0.25) is 0 Å². The molecule has 0 aliphatic heterocycles. The fraction of sp³-hybridized carbons (Fsp3) is 0.0571. The highest BCUT2D eigenvalue weighted by Gasteiger charge is 2.17. The third-order valence-corrected chi connectivity index (χ3v) is 7.70. The predicted molar refractivity (Wildman–Crippen MR) is 163 cm³/mol. The molecule has 0 unspecified atom stereocenters. The van der Waals surface area contributed by atoms with Crippen molar-refractivity contribution in [2.24, 2.45) is 0 Å². The van der Waals surface area contributed by atoms with Crippen molar-refractivity contribution in [1.82, 2.24) is 15.0 Å². The molecule has 0 aliphatic rings. The molecular weight excluding hydrogens is 510 g/mol. The summed E-state index contributed by atoms with van der Waals surface area (Å²) in [4.78, 5) is 15.7. The predicted octanol–water partition coefficient (Wildman–Crippen LogP) is 9.01. The maximum Gasteiger partial charge on any atom is 0.160 e. The maximum absolute atomic E-state index is 10.7. The van der Waals surface area contributed by atoms with Gasteiger partial charge in [0.1, 0.15) is 10.8 Å². The van der Waals surface area contributed by atoms with Gasteiger partial charge in [0.2, 0.25) is 0 Å². The molecule has 0 saturated carbocycles. The first kappa shape index (κ1) is 25.5. The van der Waals surface area contributed by atoms with Crippen LogP contribution in [0.3, 0.4) is 0 Å². The molecule has 0 saturated heterocycles. The first-order valence-corrected chi connectivity index (χ1v) is 13.9. The Morgan fingerprint density at radius 2 is 1.30 bits per heavy atom. The monoisotopic (exact) mass is 537 g/mol. The Balaban J connectivity index is 1.58. The van der Waals surface area contributed by atoms with E-state index in [0.29, 0.717) is 17.1 Å². The second kappa shape index (κ2) is 11.2. The van der Waals surface area contributed by atoms with Crippen LogP contribution in [-0.2, 0) is 0 Å². The molecule has 2 aromatic heterocycles. The summed E-state index contributed by atoms with van der Waals surface area (Å²) in [6.45, 7) is 4.20. The van der Waals surface area contributed by atoms with Gasteiger partial charge in [-0.05, 0) is 84.6 Å². The molecule has 0 atom stereocenters. The number of nitrogens with zero attached hydrogens (tertiary/aromatic N) is 3. The molecule has 4 nitrogen and oxygen atoms in total. The molecule has 2 heterocycles. The minimum atomic E-state index is 0.184. The molecule has 40 heavy (non-hydrogen) atoms. The zero-order valence-corrected chi connectivity index (χ0v) is 23.1. The quantitative estimate of drug-likeness (QED) is 0.230. The number of aromatic hydroxyl groups is 1. The molecule has 6 aromatic rings. The molecule has 0 radical (unpaired) electrons. The Morgan fingerprint density at radius 3 is 2.05 bits per heavy atom. The lowest BCUT2D eigenvalue weighted by Crippen LogP contribution is -1.99. The summed E-state index contributed by atoms with van der Waals surface area (Å²) in [5, 5.41) is 11.6. The van der Waals surface area contributed by atoms with Crippen molar-refractivity contribution in [1.29, 1.82) is 0 Å². The van der Waals surface area contributed by atoms with Crippen LogP contribution in [0.4, 0.5) is 0 Å². The van der Waals surface area contributed by atoms with E-state index >= 15 is 0 Å². The summed E-state index contributed by atoms with van der Waals surface area (Å²) in [5.41, 5.74) is 8.58. The highest BCUT2D eigenvalue weighted by molar-refractivity contribution is 7.99. The van der Waals surface area contributed by atoms with Crippen molar-refractivity contribution in [2.75, 3.05) is 0 Å². The Hall–Kier alpha value is -4.74. The van der Waals surface area contributed by atoms with Crippen LogP contribution in [0.1, 0.15) is 11.1 Å². The van der Waals surface area contributed by atoms with Crippen molar-refractivity contribution in [3.63, 3.8) is 0 Å². The third kappa shape index (κ3) is 5.37. The lowest BCUT2D eigenvalue weighted by molar-refractivity contribution is 0.477. The van der Waals surface area contributed by atoms with Crippen molar-refractivity contribution in [2.45, 2.75) is 23.8 Å². The molecule has 0 bridgehead atoms. The van der Waals surface area contributed by atoms with E-state index in [9.17, 15) is 5.11 Å². The third-order valence-electron chi connectivity index (χ3n) is 6.78. The number of phenolic OH excluding ortho intramolecular Hbond substituents is 1. The zero-order chi connectivity index (χ0) is 27.5. The number of rotatable bonds is 6. The fourth-order valence-corrected chi connectivity index (χ4v) is 5.74. The van der Waals surface area contributed by atoms with Gasteiger partial charge >= 0.3 is 0 Å². The zero-order valence-electron chi connectivity index (χ0n) is 22.2. The number of para-hydroxylation sites is 1. The smallest absolute Gasteiger partial charge is 0.160 e. The van der Waals surface area contributed by atoms with Crippen LogP contribution in [0, 0.1) is 13.8 Å². The first-order chi connectivity index (χ1) is 19.5. The summed E-state index contributed by atoms with van der Waals surface area (Å²) in [6.07, 6.45) is 1.81. The van der Waals surface area contributed by atoms with E-state index in [0.717, 1.165) is 49.0 Å². The van der Waals surface area contributed by atoms with Gasteiger partial charge in [0, 0.05) is 27.8 Å². The summed E-state index contributed by atoms with van der Waals surface area (Å²) in [5.74, 6) is 0.781. The lowest BCUT2D eigenvalue weighted by atomic mass is 9.98. The number of aryl methyl sites for hydroxylation is 2. The second-order valence-electron chi connectivity index (χ2n) is 9.63. The van der Waals surface area contributed by atoms with E-state index in [4.69, 9.17) is 9.97 Å². The molecule has 1 N–H and O–H groups in total. The van der Waals surface area contributed by atoms with Crippen LogP contribution in [-0.4, -0.2) is 20.1 Å². The largest absolute Gasteiger partial charge is 0.507 e. The maximum atomic E-state index is 10.7. The normalized spacial score (nSPS) is 10.9. The summed E-state index contributed by atoms with van der Waals surface area (Å²) in [7, 11) is 0. The van der Waals surface area contributed by atoms with E-state index in [2.05, 4.69) is 67.4 Å². The van der Waals surface area contributed by atoms with Gasteiger partial charge in [-0.2, -0.15) is 0 Å². The molecule has 4 aromatic carbocycles. The minimum Gasteiger partial charge on any atom is -0.507 e. The highest BCUT2D eigenvalue weighted by atomic mass is 32.2. The number of hydrogen-bond acceptors (Lipinski definition) is 5. The molecule has 0 amide bonds. The molecule has 5 heteroatoms. The molecule has 0 fully saturated rings. The first-order valence-electron chi connectivity index (χ1n) is 13.1. The molecular formula is C35H27N3OS. The lowest BCUT2D eigenvalue weighted by Gasteiger charge is -2.15. The van der Waals surface area contributed by atoms with Gasteiger partial charge in [-0.1, -0.05) is 78.5 Å². The SMILES string of the molecule is Cc1cccc(C)c1-c1cc(-c2ccccc2O)nc(-c2cc(Sc3ccccn3)cc(-c3ccccc3)c2)n1. The van der Waals surface area contributed by atoms with Gasteiger partial charge in [-0.25, -0.2) is 15.0 Å². The van der Waals surface area contributed by atoms with Crippen molar-refractivity contribution < 1.29 is 5.11 Å². The minimum absolute atomic E-state index is 0.184. The van der Waals surface area contributed by atoms with Crippen molar-refractivity contribution in [3.05, 3.63) is 133 Å². The van der Waals surface area contributed by atoms with Crippen LogP contribution in [0.15, 0.2) is 131 Å². The van der Waals surface area contributed by atoms with E-state index < -0.39 is 0 Å². The van der Waals surface area contributed by atoms with E-state index in [1.165, 1.54) is 0 Å². The van der Waals surface area contributed by atoms with E-state index in [1.54, 1.807) is 24.0 Å². The average molecular weight is 538 g/mol. The number of phenols is 1. The van der Waals surface area contributed by atoms with Crippen LogP contribution >= 0.6 is 11.8 Å².